The number of hydrogen-bond acceptors (Lipinski definition) is 9. The predicted octanol–water partition coefficient (Wildman–Crippen LogP) is 2.32. The second-order valence-corrected chi connectivity index (χ2v) is 9.75. The van der Waals surface area contributed by atoms with Crippen molar-refractivity contribution in [3.05, 3.63) is 33.7 Å². The van der Waals surface area contributed by atoms with Gasteiger partial charge in [-0.2, -0.15) is 4.98 Å². The molecular formula is C24H34ClN7O3. The predicted molar refractivity (Wildman–Crippen MR) is 135 cm³/mol. The Balaban J connectivity index is 1.42. The number of anilines is 2. The highest BCUT2D eigenvalue weighted by atomic mass is 35.5. The fourth-order valence-corrected chi connectivity index (χ4v) is 5.52. The van der Waals surface area contributed by atoms with Crippen molar-refractivity contribution >= 4 is 29.3 Å². The molecule has 4 rings (SSSR count). The Kier molecular flexibility index (Phi) is 7.93. The van der Waals surface area contributed by atoms with Gasteiger partial charge in [0.2, 0.25) is 5.95 Å². The molecular weight excluding hydrogens is 470 g/mol. The first-order valence-corrected chi connectivity index (χ1v) is 12.4. The number of methoxy groups -OCH3 is 1. The number of pyridine rings is 1. The molecule has 0 radical (unpaired) electrons. The van der Waals surface area contributed by atoms with Crippen LogP contribution in [0.15, 0.2) is 6.20 Å². The van der Waals surface area contributed by atoms with Crippen molar-refractivity contribution in [1.29, 1.82) is 0 Å². The number of nitrogens with two attached hydrogens (primary N) is 1. The number of carboxylic acid groups (broad SMARTS) is 1. The van der Waals surface area contributed by atoms with Crippen molar-refractivity contribution in [2.45, 2.75) is 39.2 Å². The molecule has 0 aromatic carbocycles. The number of carboxylic acids is 1. The van der Waals surface area contributed by atoms with Gasteiger partial charge in [0.15, 0.2) is 0 Å². The normalized spacial score (nSPS) is 18.6. The lowest BCUT2D eigenvalue weighted by Gasteiger charge is -2.33. The zero-order valence-electron chi connectivity index (χ0n) is 20.6. The average molecular weight is 504 g/mol. The van der Waals surface area contributed by atoms with E-state index in [4.69, 9.17) is 27.2 Å². The summed E-state index contributed by atoms with van der Waals surface area (Å²) in [7, 11) is 1.68. The largest absolute Gasteiger partial charge is 0.496 e. The molecule has 190 valence electrons. The molecule has 0 bridgehead atoms. The molecule has 11 heteroatoms. The maximum Gasteiger partial charge on any atom is 0.317 e. The third-order valence-electron chi connectivity index (χ3n) is 6.99. The summed E-state index contributed by atoms with van der Waals surface area (Å²) in [5, 5.41) is 9.41. The van der Waals surface area contributed by atoms with E-state index in [1.165, 1.54) is 0 Å². The molecule has 0 unspecified atom stereocenters. The van der Waals surface area contributed by atoms with E-state index >= 15 is 0 Å². The monoisotopic (exact) mass is 503 g/mol. The molecule has 2 aliphatic rings. The van der Waals surface area contributed by atoms with Gasteiger partial charge in [0.1, 0.15) is 16.7 Å². The minimum absolute atomic E-state index is 0.116. The first kappa shape index (κ1) is 25.4. The topological polar surface area (TPSA) is 121 Å². The third-order valence-corrected chi connectivity index (χ3v) is 7.27. The summed E-state index contributed by atoms with van der Waals surface area (Å²) < 4.78 is 5.58. The van der Waals surface area contributed by atoms with E-state index in [0.717, 1.165) is 86.1 Å². The molecule has 2 aromatic rings. The summed E-state index contributed by atoms with van der Waals surface area (Å²) >= 11 is 6.57. The summed E-state index contributed by atoms with van der Waals surface area (Å²) in [6.07, 6.45) is 3.80. The number of piperazine rings is 1. The van der Waals surface area contributed by atoms with Gasteiger partial charge in [0.05, 0.1) is 25.9 Å². The average Bonchev–Trinajstić information content (AvgIpc) is 3.14. The maximum atomic E-state index is 10.9. The molecule has 2 aromatic heterocycles. The second kappa shape index (κ2) is 10.9. The van der Waals surface area contributed by atoms with Crippen LogP contribution in [0.2, 0.25) is 5.15 Å². The number of fused-ring (bicyclic) bond motifs is 1. The van der Waals surface area contributed by atoms with Crippen LogP contribution in [0.3, 0.4) is 0 Å². The molecule has 2 aliphatic heterocycles. The van der Waals surface area contributed by atoms with E-state index in [1.807, 2.05) is 24.9 Å². The minimum atomic E-state index is -0.767. The van der Waals surface area contributed by atoms with Crippen molar-refractivity contribution in [3.63, 3.8) is 0 Å². The number of aromatic nitrogens is 3. The van der Waals surface area contributed by atoms with Gasteiger partial charge >= 0.3 is 5.97 Å². The molecule has 0 amide bonds. The van der Waals surface area contributed by atoms with Crippen LogP contribution in [0.5, 0.6) is 5.75 Å². The quantitative estimate of drug-likeness (QED) is 0.493. The van der Waals surface area contributed by atoms with Crippen molar-refractivity contribution < 1.29 is 14.6 Å². The van der Waals surface area contributed by atoms with Crippen molar-refractivity contribution in [1.82, 2.24) is 24.8 Å². The van der Waals surface area contributed by atoms with Gasteiger partial charge in [-0.25, -0.2) is 4.98 Å². The summed E-state index contributed by atoms with van der Waals surface area (Å²) in [6, 6.07) is 0. The van der Waals surface area contributed by atoms with Crippen molar-refractivity contribution in [2.24, 2.45) is 0 Å². The molecule has 10 nitrogen and oxygen atoms in total. The number of halogens is 1. The minimum Gasteiger partial charge on any atom is -0.496 e. The van der Waals surface area contributed by atoms with E-state index in [9.17, 15) is 4.79 Å². The number of aryl methyl sites for hydroxylation is 1. The number of nitrogens with zero attached hydrogens (tertiary/aromatic N) is 6. The molecule has 0 aliphatic carbocycles. The molecule has 4 heterocycles. The van der Waals surface area contributed by atoms with Crippen molar-refractivity contribution in [2.75, 3.05) is 63.6 Å². The van der Waals surface area contributed by atoms with Gasteiger partial charge in [-0.15, -0.1) is 0 Å². The fourth-order valence-electron chi connectivity index (χ4n) is 5.19. The number of nitrogen functional groups attached to an aromatic ring is 1. The summed E-state index contributed by atoms with van der Waals surface area (Å²) in [5.74, 6) is 1.26. The number of aliphatic carboxylic acids is 1. The molecule has 1 saturated heterocycles. The number of ether oxygens (including phenoxy) is 1. The lowest BCUT2D eigenvalue weighted by molar-refractivity contribution is -0.138. The van der Waals surface area contributed by atoms with Crippen LogP contribution in [-0.4, -0.2) is 88.8 Å². The van der Waals surface area contributed by atoms with Crippen LogP contribution < -0.4 is 15.4 Å². The van der Waals surface area contributed by atoms with E-state index < -0.39 is 5.97 Å². The van der Waals surface area contributed by atoms with E-state index in [1.54, 1.807) is 7.11 Å². The third kappa shape index (κ3) is 5.76. The Morgan fingerprint density at radius 2 is 1.94 bits per heavy atom. The lowest BCUT2D eigenvalue weighted by Crippen LogP contribution is -2.48. The van der Waals surface area contributed by atoms with Crippen molar-refractivity contribution in [3.8, 4) is 5.75 Å². The van der Waals surface area contributed by atoms with Crippen LogP contribution in [0, 0.1) is 13.8 Å². The summed E-state index contributed by atoms with van der Waals surface area (Å²) in [5.41, 5.74) is 9.88. The Bertz CT molecular complexity index is 1080. The van der Waals surface area contributed by atoms with Gasteiger partial charge in [-0.05, 0) is 33.2 Å². The molecule has 0 spiro atoms. The first-order valence-electron chi connectivity index (χ1n) is 12.0. The molecule has 1 atom stereocenters. The summed E-state index contributed by atoms with van der Waals surface area (Å²) in [4.78, 5) is 30.9. The van der Waals surface area contributed by atoms with Gasteiger partial charge in [0.25, 0.3) is 0 Å². The highest BCUT2D eigenvalue weighted by molar-refractivity contribution is 6.30. The van der Waals surface area contributed by atoms with Crippen LogP contribution in [-0.2, 0) is 11.3 Å². The van der Waals surface area contributed by atoms with E-state index in [2.05, 4.69) is 24.8 Å². The Morgan fingerprint density at radius 1 is 1.23 bits per heavy atom. The van der Waals surface area contributed by atoms with E-state index in [-0.39, 0.29) is 18.4 Å². The number of hydrogen-bond donors (Lipinski definition) is 2. The number of rotatable bonds is 9. The highest BCUT2D eigenvalue weighted by Crippen LogP contribution is 2.42. The van der Waals surface area contributed by atoms with E-state index in [0.29, 0.717) is 11.7 Å². The lowest BCUT2D eigenvalue weighted by atomic mass is 9.98. The SMILES string of the molecule is COc1c(C)cnc(CN2C[C@H](CCCN3CCN(CC(=O)O)CC3)c3c(Cl)nc(N)nc32)c1C. The smallest absolute Gasteiger partial charge is 0.317 e. The Labute approximate surface area is 211 Å². The first-order chi connectivity index (χ1) is 16.8. The molecule has 0 saturated carbocycles. The fraction of sp³-hybridized carbons (Fsp3) is 0.583. The number of carbonyl (C=O) groups is 1. The zero-order chi connectivity index (χ0) is 25.1. The molecule has 35 heavy (non-hydrogen) atoms. The van der Waals surface area contributed by atoms with Gasteiger partial charge in [-0.1, -0.05) is 11.6 Å². The zero-order valence-corrected chi connectivity index (χ0v) is 21.4. The van der Waals surface area contributed by atoms with Gasteiger partial charge < -0.3 is 25.4 Å². The molecule has 3 N–H and O–H groups in total. The maximum absolute atomic E-state index is 10.9. The highest BCUT2D eigenvalue weighted by Gasteiger charge is 2.34. The standard InChI is InChI=1S/C24H34ClN7O3/c1-15-11-27-18(16(2)21(15)35-3)13-32-12-17(20-22(25)28-24(26)29-23(20)32)5-4-6-30-7-9-31(10-8-30)14-19(33)34/h11,17H,4-10,12-14H2,1-3H3,(H,33,34)(H2,26,28,29)/t17-/m0/s1. The Hall–Kier alpha value is -2.69. The molecule has 1 fully saturated rings. The second-order valence-electron chi connectivity index (χ2n) is 9.39. The van der Waals surface area contributed by atoms with Gasteiger partial charge in [-0.3, -0.25) is 14.7 Å². The van der Waals surface area contributed by atoms with Crippen LogP contribution in [0.25, 0.3) is 0 Å². The van der Waals surface area contributed by atoms with Crippen LogP contribution in [0.4, 0.5) is 11.8 Å². The van der Waals surface area contributed by atoms with Crippen LogP contribution >= 0.6 is 11.6 Å². The van der Waals surface area contributed by atoms with Gasteiger partial charge in [0, 0.05) is 61.5 Å². The Morgan fingerprint density at radius 3 is 2.63 bits per heavy atom. The summed E-state index contributed by atoms with van der Waals surface area (Å²) in [6.45, 7) is 9.82. The van der Waals surface area contributed by atoms with Crippen LogP contribution in [0.1, 0.15) is 41.1 Å².